The van der Waals surface area contributed by atoms with E-state index < -0.39 is 5.97 Å². The minimum Gasteiger partial charge on any atom is -0.457 e. The fourth-order valence-electron chi connectivity index (χ4n) is 2.64. The molecule has 0 aliphatic carbocycles. The lowest BCUT2D eigenvalue weighted by Crippen LogP contribution is -2.16. The SMILES string of the molecule is C[C@@H]1C(=O)Nc2ccc(C(=O)COC(=O)Cc3ccc(Br)cc3)cc21. The number of hydrogen-bond donors (Lipinski definition) is 1. The van der Waals surface area contributed by atoms with Crippen molar-refractivity contribution in [2.45, 2.75) is 19.3 Å². The van der Waals surface area contributed by atoms with E-state index in [0.29, 0.717) is 5.56 Å². The van der Waals surface area contributed by atoms with Crippen molar-refractivity contribution in [1.82, 2.24) is 0 Å². The highest BCUT2D eigenvalue weighted by atomic mass is 79.9. The Balaban J connectivity index is 1.59. The van der Waals surface area contributed by atoms with Crippen LogP contribution in [0.25, 0.3) is 0 Å². The minimum absolute atomic E-state index is 0.0828. The first-order valence-corrected chi connectivity index (χ1v) is 8.61. The predicted octanol–water partition coefficient (Wildman–Crippen LogP) is 3.47. The summed E-state index contributed by atoms with van der Waals surface area (Å²) in [5, 5.41) is 2.76. The Bertz CT molecular complexity index is 845. The Hall–Kier alpha value is -2.47. The number of nitrogens with one attached hydrogen (secondary N) is 1. The molecule has 1 heterocycles. The lowest BCUT2D eigenvalue weighted by molar-refractivity contribution is -0.141. The van der Waals surface area contributed by atoms with E-state index in [1.807, 2.05) is 24.3 Å². The maximum Gasteiger partial charge on any atom is 0.310 e. The molecule has 0 bridgehead atoms. The molecule has 3 rings (SSSR count). The molecule has 1 amide bonds. The summed E-state index contributed by atoms with van der Waals surface area (Å²) in [5.74, 6) is -1.12. The molecule has 2 aromatic rings. The molecule has 0 radical (unpaired) electrons. The summed E-state index contributed by atoms with van der Waals surface area (Å²) >= 11 is 3.33. The maximum absolute atomic E-state index is 12.2. The van der Waals surface area contributed by atoms with Gasteiger partial charge in [0, 0.05) is 15.7 Å². The molecule has 1 atom stereocenters. The lowest BCUT2D eigenvalue weighted by Gasteiger charge is -2.07. The van der Waals surface area contributed by atoms with Crippen molar-refractivity contribution in [2.75, 3.05) is 11.9 Å². The van der Waals surface area contributed by atoms with Crippen molar-refractivity contribution in [3.05, 3.63) is 63.6 Å². The number of benzene rings is 2. The number of amides is 1. The number of carbonyl (C=O) groups is 3. The molecule has 1 aliphatic heterocycles. The van der Waals surface area contributed by atoms with Gasteiger partial charge in [0.25, 0.3) is 0 Å². The van der Waals surface area contributed by atoms with Crippen LogP contribution in [0.3, 0.4) is 0 Å². The monoisotopic (exact) mass is 401 g/mol. The summed E-state index contributed by atoms with van der Waals surface area (Å²) in [6.45, 7) is 1.47. The average Bonchev–Trinajstić information content (AvgIpc) is 2.89. The van der Waals surface area contributed by atoms with Gasteiger partial charge in [-0.3, -0.25) is 14.4 Å². The predicted molar refractivity (Wildman–Crippen MR) is 96.6 cm³/mol. The molecule has 25 heavy (non-hydrogen) atoms. The van der Waals surface area contributed by atoms with Crippen LogP contribution < -0.4 is 5.32 Å². The third kappa shape index (κ3) is 3.96. The summed E-state index contributed by atoms with van der Waals surface area (Å²) in [7, 11) is 0. The van der Waals surface area contributed by atoms with Gasteiger partial charge in [-0.1, -0.05) is 28.1 Å². The normalized spacial score (nSPS) is 15.4. The van der Waals surface area contributed by atoms with Gasteiger partial charge in [-0.05, 0) is 48.4 Å². The Labute approximate surface area is 153 Å². The number of anilines is 1. The number of carbonyl (C=O) groups excluding carboxylic acids is 3. The summed E-state index contributed by atoms with van der Waals surface area (Å²) < 4.78 is 6.01. The second-order valence-electron chi connectivity index (χ2n) is 5.90. The van der Waals surface area contributed by atoms with E-state index in [-0.39, 0.29) is 30.6 Å². The summed E-state index contributed by atoms with van der Waals surface area (Å²) in [5.41, 5.74) is 2.76. The van der Waals surface area contributed by atoms with E-state index in [0.717, 1.165) is 21.3 Å². The number of ether oxygens (including phenoxy) is 1. The van der Waals surface area contributed by atoms with Gasteiger partial charge < -0.3 is 10.1 Å². The van der Waals surface area contributed by atoms with Crippen LogP contribution in [0.2, 0.25) is 0 Å². The zero-order valence-corrected chi connectivity index (χ0v) is 15.1. The summed E-state index contributed by atoms with van der Waals surface area (Å²) in [6, 6.07) is 12.3. The maximum atomic E-state index is 12.2. The second kappa shape index (κ2) is 7.19. The number of esters is 1. The lowest BCUT2D eigenvalue weighted by atomic mass is 9.99. The summed E-state index contributed by atoms with van der Waals surface area (Å²) in [4.78, 5) is 35.8. The van der Waals surface area contributed by atoms with Gasteiger partial charge in [-0.2, -0.15) is 0 Å². The largest absolute Gasteiger partial charge is 0.457 e. The van der Waals surface area contributed by atoms with E-state index in [1.54, 1.807) is 25.1 Å². The molecule has 0 aromatic heterocycles. The van der Waals surface area contributed by atoms with Gasteiger partial charge >= 0.3 is 5.97 Å². The molecule has 0 spiro atoms. The molecule has 0 fully saturated rings. The highest BCUT2D eigenvalue weighted by Gasteiger charge is 2.27. The molecule has 128 valence electrons. The van der Waals surface area contributed by atoms with E-state index >= 15 is 0 Å². The molecule has 5 nitrogen and oxygen atoms in total. The van der Waals surface area contributed by atoms with Crippen LogP contribution in [0.4, 0.5) is 5.69 Å². The van der Waals surface area contributed by atoms with Crippen molar-refractivity contribution in [3.8, 4) is 0 Å². The number of rotatable bonds is 5. The number of Topliss-reactive ketones (excluding diaryl/α,β-unsaturated/α-hetero) is 1. The quantitative estimate of drug-likeness (QED) is 0.614. The number of halogens is 1. The van der Waals surface area contributed by atoms with Crippen molar-refractivity contribution < 1.29 is 19.1 Å². The fraction of sp³-hybridized carbons (Fsp3) is 0.211. The van der Waals surface area contributed by atoms with Crippen molar-refractivity contribution in [2.24, 2.45) is 0 Å². The highest BCUT2D eigenvalue weighted by Crippen LogP contribution is 2.32. The highest BCUT2D eigenvalue weighted by molar-refractivity contribution is 9.10. The van der Waals surface area contributed by atoms with Crippen LogP contribution in [-0.2, 0) is 20.7 Å². The molecule has 0 unspecified atom stereocenters. The molecule has 0 saturated heterocycles. The molecular formula is C19H16BrNO4. The van der Waals surface area contributed by atoms with Crippen LogP contribution in [-0.4, -0.2) is 24.3 Å². The van der Waals surface area contributed by atoms with Gasteiger partial charge in [-0.25, -0.2) is 0 Å². The Morgan fingerprint density at radius 3 is 2.60 bits per heavy atom. The Kier molecular flexibility index (Phi) is 4.99. The van der Waals surface area contributed by atoms with Crippen LogP contribution >= 0.6 is 15.9 Å². The molecule has 6 heteroatoms. The van der Waals surface area contributed by atoms with Gasteiger partial charge in [0.2, 0.25) is 5.91 Å². The van der Waals surface area contributed by atoms with E-state index in [2.05, 4.69) is 21.2 Å². The molecule has 2 aromatic carbocycles. The van der Waals surface area contributed by atoms with Crippen LogP contribution in [0.15, 0.2) is 46.9 Å². The Morgan fingerprint density at radius 2 is 1.88 bits per heavy atom. The number of hydrogen-bond acceptors (Lipinski definition) is 4. The van der Waals surface area contributed by atoms with Crippen molar-refractivity contribution >= 4 is 39.3 Å². The van der Waals surface area contributed by atoms with Gasteiger partial charge in [0.05, 0.1) is 12.3 Å². The van der Waals surface area contributed by atoms with E-state index in [9.17, 15) is 14.4 Å². The summed E-state index contributed by atoms with van der Waals surface area (Å²) in [6.07, 6.45) is 0.111. The molecule has 1 N–H and O–H groups in total. The first kappa shape index (κ1) is 17.4. The van der Waals surface area contributed by atoms with E-state index in [4.69, 9.17) is 4.74 Å². The second-order valence-corrected chi connectivity index (χ2v) is 6.82. The molecule has 1 aliphatic rings. The topological polar surface area (TPSA) is 72.5 Å². The van der Waals surface area contributed by atoms with Crippen molar-refractivity contribution in [3.63, 3.8) is 0 Å². The van der Waals surface area contributed by atoms with Gasteiger partial charge in [0.1, 0.15) is 0 Å². The average molecular weight is 402 g/mol. The number of fused-ring (bicyclic) bond motifs is 1. The fourth-order valence-corrected chi connectivity index (χ4v) is 2.90. The number of ketones is 1. The third-order valence-corrected chi connectivity index (χ3v) is 4.65. The zero-order valence-electron chi connectivity index (χ0n) is 13.5. The van der Waals surface area contributed by atoms with Crippen molar-refractivity contribution in [1.29, 1.82) is 0 Å². The molecular weight excluding hydrogens is 386 g/mol. The van der Waals surface area contributed by atoms with Crippen LogP contribution in [0, 0.1) is 0 Å². The smallest absolute Gasteiger partial charge is 0.310 e. The van der Waals surface area contributed by atoms with Gasteiger partial charge in [0.15, 0.2) is 12.4 Å². The first-order chi connectivity index (χ1) is 11.9. The molecule has 0 saturated carbocycles. The zero-order chi connectivity index (χ0) is 18.0. The van der Waals surface area contributed by atoms with Crippen LogP contribution in [0.1, 0.15) is 34.3 Å². The first-order valence-electron chi connectivity index (χ1n) is 7.82. The van der Waals surface area contributed by atoms with E-state index in [1.165, 1.54) is 0 Å². The third-order valence-electron chi connectivity index (χ3n) is 4.12. The standard InChI is InChI=1S/C19H16BrNO4/c1-11-15-9-13(4-7-16(15)21-19(11)24)17(22)10-25-18(23)8-12-2-5-14(20)6-3-12/h2-7,9,11H,8,10H2,1H3,(H,21,24)/t11-/m0/s1. The van der Waals surface area contributed by atoms with Gasteiger partial charge in [-0.15, -0.1) is 0 Å². The minimum atomic E-state index is -0.456. The van der Waals surface area contributed by atoms with Crippen LogP contribution in [0.5, 0.6) is 0 Å². The Morgan fingerprint density at radius 1 is 1.16 bits per heavy atom.